The summed E-state index contributed by atoms with van der Waals surface area (Å²) in [6, 6.07) is 0. The number of hydrogen-bond donors (Lipinski definition) is 1. The zero-order valence-electron chi connectivity index (χ0n) is 8.54. The Morgan fingerprint density at radius 1 is 1.57 bits per heavy atom. The van der Waals surface area contributed by atoms with Crippen LogP contribution >= 0.6 is 0 Å². The van der Waals surface area contributed by atoms with E-state index in [1.807, 2.05) is 0 Å². The lowest BCUT2D eigenvalue weighted by atomic mass is 9.94. The summed E-state index contributed by atoms with van der Waals surface area (Å²) < 4.78 is 10.3. The summed E-state index contributed by atoms with van der Waals surface area (Å²) in [5, 5.41) is 3.31. The molecule has 0 aromatic rings. The van der Waals surface area contributed by atoms with Gasteiger partial charge in [0, 0.05) is 6.61 Å². The highest BCUT2D eigenvalue weighted by atomic mass is 16.5. The second kappa shape index (κ2) is 3.87. The Bertz CT molecular complexity index is 217. The van der Waals surface area contributed by atoms with E-state index in [9.17, 15) is 4.79 Å². The molecule has 0 radical (unpaired) electrons. The van der Waals surface area contributed by atoms with E-state index in [4.69, 9.17) is 9.47 Å². The molecule has 1 unspecified atom stereocenters. The minimum Gasteiger partial charge on any atom is -0.468 e. The Balaban J connectivity index is 2.14. The Kier molecular flexibility index (Phi) is 2.74. The molecule has 1 atom stereocenters. The molecular weight excluding hydrogens is 182 g/mol. The van der Waals surface area contributed by atoms with Crippen molar-refractivity contribution < 1.29 is 14.3 Å². The third-order valence-corrected chi connectivity index (χ3v) is 3.06. The van der Waals surface area contributed by atoms with Crippen LogP contribution in [0.25, 0.3) is 0 Å². The highest BCUT2D eigenvalue weighted by Crippen LogP contribution is 2.41. The SMILES string of the molecule is COC(=O)C1(C2CC2)COCCCN1. The van der Waals surface area contributed by atoms with E-state index >= 15 is 0 Å². The molecule has 0 bridgehead atoms. The zero-order valence-corrected chi connectivity index (χ0v) is 8.54. The summed E-state index contributed by atoms with van der Waals surface area (Å²) in [5.74, 6) is 0.245. The van der Waals surface area contributed by atoms with Gasteiger partial charge in [-0.1, -0.05) is 0 Å². The predicted octanol–water partition coefficient (Wildman–Crippen LogP) is 0.318. The van der Waals surface area contributed by atoms with Crippen molar-refractivity contribution in [2.75, 3.05) is 26.9 Å². The first-order valence-electron chi connectivity index (χ1n) is 5.21. The average molecular weight is 199 g/mol. The summed E-state index contributed by atoms with van der Waals surface area (Å²) >= 11 is 0. The first-order valence-corrected chi connectivity index (χ1v) is 5.21. The summed E-state index contributed by atoms with van der Waals surface area (Å²) in [7, 11) is 1.44. The van der Waals surface area contributed by atoms with Crippen LogP contribution < -0.4 is 5.32 Å². The summed E-state index contributed by atoms with van der Waals surface area (Å²) in [6.45, 7) is 2.04. The van der Waals surface area contributed by atoms with Crippen LogP contribution in [0.2, 0.25) is 0 Å². The third kappa shape index (κ3) is 1.64. The maximum absolute atomic E-state index is 11.8. The van der Waals surface area contributed by atoms with E-state index in [1.165, 1.54) is 7.11 Å². The number of nitrogens with one attached hydrogen (secondary N) is 1. The van der Waals surface area contributed by atoms with Crippen LogP contribution in [-0.4, -0.2) is 38.4 Å². The van der Waals surface area contributed by atoms with Crippen LogP contribution in [-0.2, 0) is 14.3 Å². The van der Waals surface area contributed by atoms with Crippen LogP contribution in [0.3, 0.4) is 0 Å². The van der Waals surface area contributed by atoms with Gasteiger partial charge in [0.15, 0.2) is 0 Å². The number of hydrogen-bond acceptors (Lipinski definition) is 4. The largest absolute Gasteiger partial charge is 0.468 e. The van der Waals surface area contributed by atoms with Crippen molar-refractivity contribution in [3.8, 4) is 0 Å². The normalized spacial score (nSPS) is 33.5. The maximum atomic E-state index is 11.8. The topological polar surface area (TPSA) is 47.6 Å². The van der Waals surface area contributed by atoms with E-state index < -0.39 is 5.54 Å². The predicted molar refractivity (Wildman–Crippen MR) is 50.9 cm³/mol. The molecule has 80 valence electrons. The fourth-order valence-corrected chi connectivity index (χ4v) is 2.09. The van der Waals surface area contributed by atoms with Gasteiger partial charge < -0.3 is 9.47 Å². The molecule has 1 saturated heterocycles. The van der Waals surface area contributed by atoms with Crippen molar-refractivity contribution in [1.82, 2.24) is 5.32 Å². The van der Waals surface area contributed by atoms with Crippen LogP contribution in [0, 0.1) is 5.92 Å². The van der Waals surface area contributed by atoms with Crippen LogP contribution in [0.15, 0.2) is 0 Å². The van der Waals surface area contributed by atoms with E-state index in [1.54, 1.807) is 0 Å². The first kappa shape index (κ1) is 9.93. The lowest BCUT2D eigenvalue weighted by Crippen LogP contribution is -2.57. The lowest BCUT2D eigenvalue weighted by molar-refractivity contribution is -0.152. The summed E-state index contributed by atoms with van der Waals surface area (Å²) in [6.07, 6.45) is 3.17. The Hall–Kier alpha value is -0.610. The molecule has 0 spiro atoms. The quantitative estimate of drug-likeness (QED) is 0.651. The van der Waals surface area contributed by atoms with E-state index in [0.717, 1.165) is 32.4 Å². The number of carbonyl (C=O) groups excluding carboxylic acids is 1. The second-order valence-electron chi connectivity index (χ2n) is 4.07. The number of rotatable bonds is 2. The van der Waals surface area contributed by atoms with Crippen LogP contribution in [0.1, 0.15) is 19.3 Å². The fraction of sp³-hybridized carbons (Fsp3) is 0.900. The monoisotopic (exact) mass is 199 g/mol. The molecule has 1 N–H and O–H groups in total. The molecule has 0 aromatic heterocycles. The van der Waals surface area contributed by atoms with Gasteiger partial charge in [-0.3, -0.25) is 5.32 Å². The number of methoxy groups -OCH3 is 1. The molecule has 0 amide bonds. The van der Waals surface area contributed by atoms with Gasteiger partial charge in [0.05, 0.1) is 13.7 Å². The maximum Gasteiger partial charge on any atom is 0.328 e. The van der Waals surface area contributed by atoms with Gasteiger partial charge >= 0.3 is 5.97 Å². The van der Waals surface area contributed by atoms with Gasteiger partial charge in [0.2, 0.25) is 0 Å². The Morgan fingerprint density at radius 2 is 2.36 bits per heavy atom. The van der Waals surface area contributed by atoms with E-state index in [-0.39, 0.29) is 5.97 Å². The molecule has 1 heterocycles. The highest BCUT2D eigenvalue weighted by molar-refractivity contribution is 5.82. The molecule has 0 aromatic carbocycles. The number of ether oxygens (including phenoxy) is 2. The van der Waals surface area contributed by atoms with Crippen molar-refractivity contribution in [3.63, 3.8) is 0 Å². The first-order chi connectivity index (χ1) is 6.79. The average Bonchev–Trinajstić information content (AvgIpc) is 3.02. The molecule has 2 rings (SSSR count). The summed E-state index contributed by atoms with van der Waals surface area (Å²) in [4.78, 5) is 11.8. The summed E-state index contributed by atoms with van der Waals surface area (Å²) in [5.41, 5.74) is -0.550. The third-order valence-electron chi connectivity index (χ3n) is 3.06. The molecule has 2 aliphatic rings. The van der Waals surface area contributed by atoms with E-state index in [0.29, 0.717) is 12.5 Å². The van der Waals surface area contributed by atoms with Gasteiger partial charge in [-0.25, -0.2) is 4.79 Å². The van der Waals surface area contributed by atoms with Gasteiger partial charge in [-0.15, -0.1) is 0 Å². The standard InChI is InChI=1S/C10H17NO3/c1-13-9(12)10(8-3-4-8)7-14-6-2-5-11-10/h8,11H,2-7H2,1H3. The minimum absolute atomic E-state index is 0.165. The Morgan fingerprint density at radius 3 is 3.00 bits per heavy atom. The zero-order chi connectivity index (χ0) is 10.0. The second-order valence-corrected chi connectivity index (χ2v) is 4.07. The van der Waals surface area contributed by atoms with Gasteiger partial charge in [0.25, 0.3) is 0 Å². The fourth-order valence-electron chi connectivity index (χ4n) is 2.09. The van der Waals surface area contributed by atoms with E-state index in [2.05, 4.69) is 5.32 Å². The van der Waals surface area contributed by atoms with Crippen molar-refractivity contribution in [1.29, 1.82) is 0 Å². The van der Waals surface area contributed by atoms with Crippen molar-refractivity contribution in [3.05, 3.63) is 0 Å². The van der Waals surface area contributed by atoms with Gasteiger partial charge in [-0.05, 0) is 31.7 Å². The molecule has 2 fully saturated rings. The number of carbonyl (C=O) groups is 1. The molecule has 14 heavy (non-hydrogen) atoms. The minimum atomic E-state index is -0.550. The van der Waals surface area contributed by atoms with Crippen molar-refractivity contribution >= 4 is 5.97 Å². The van der Waals surface area contributed by atoms with Crippen molar-refractivity contribution in [2.24, 2.45) is 5.92 Å². The van der Waals surface area contributed by atoms with Crippen LogP contribution in [0.4, 0.5) is 0 Å². The molecule has 1 aliphatic carbocycles. The number of esters is 1. The molecule has 4 nitrogen and oxygen atoms in total. The molecule has 1 aliphatic heterocycles. The molecule has 1 saturated carbocycles. The highest BCUT2D eigenvalue weighted by Gasteiger charge is 2.52. The molecular formula is C10H17NO3. The van der Waals surface area contributed by atoms with Crippen molar-refractivity contribution in [2.45, 2.75) is 24.8 Å². The molecule has 4 heteroatoms. The van der Waals surface area contributed by atoms with Gasteiger partial charge in [-0.2, -0.15) is 0 Å². The Labute approximate surface area is 84.0 Å². The lowest BCUT2D eigenvalue weighted by Gasteiger charge is -2.29. The van der Waals surface area contributed by atoms with Crippen LogP contribution in [0.5, 0.6) is 0 Å². The smallest absolute Gasteiger partial charge is 0.328 e. The van der Waals surface area contributed by atoms with Gasteiger partial charge in [0.1, 0.15) is 5.54 Å².